The smallest absolute Gasteiger partial charge is 0.257 e. The van der Waals surface area contributed by atoms with Crippen molar-refractivity contribution in [3.05, 3.63) is 70.8 Å². The molecule has 28 heavy (non-hydrogen) atoms. The van der Waals surface area contributed by atoms with Gasteiger partial charge in [0, 0.05) is 18.3 Å². The summed E-state index contributed by atoms with van der Waals surface area (Å²) in [6, 6.07) is 10.0. The van der Waals surface area contributed by atoms with Gasteiger partial charge in [-0.05, 0) is 19.9 Å². The number of fused-ring (bicyclic) bond motifs is 1. The van der Waals surface area contributed by atoms with E-state index in [0.29, 0.717) is 22.8 Å². The van der Waals surface area contributed by atoms with Gasteiger partial charge in [0.05, 0.1) is 35.3 Å². The van der Waals surface area contributed by atoms with Crippen molar-refractivity contribution in [2.75, 3.05) is 0 Å². The Labute approximate surface area is 167 Å². The highest BCUT2D eigenvalue weighted by molar-refractivity contribution is 6.31. The number of carbonyl (C=O) groups excluding carboxylic acids is 1. The van der Waals surface area contributed by atoms with Crippen LogP contribution in [0.2, 0.25) is 5.02 Å². The molecule has 4 rings (SSSR count). The monoisotopic (exact) mass is 394 g/mol. The molecule has 0 aliphatic heterocycles. The van der Waals surface area contributed by atoms with Gasteiger partial charge in [-0.3, -0.25) is 9.48 Å². The van der Waals surface area contributed by atoms with E-state index in [4.69, 9.17) is 11.6 Å². The summed E-state index contributed by atoms with van der Waals surface area (Å²) in [6.45, 7) is 4.96. The van der Waals surface area contributed by atoms with Crippen molar-refractivity contribution in [2.45, 2.75) is 26.9 Å². The van der Waals surface area contributed by atoms with Gasteiger partial charge in [0.15, 0.2) is 5.65 Å². The molecule has 7 nitrogen and oxygen atoms in total. The van der Waals surface area contributed by atoms with E-state index in [-0.39, 0.29) is 12.5 Å². The average Bonchev–Trinajstić information content (AvgIpc) is 3.30. The number of benzene rings is 1. The topological polar surface area (TPSA) is 77.1 Å². The molecule has 3 heterocycles. The highest BCUT2D eigenvalue weighted by Crippen LogP contribution is 2.21. The lowest BCUT2D eigenvalue weighted by Gasteiger charge is -2.08. The molecule has 0 atom stereocenters. The zero-order valence-electron chi connectivity index (χ0n) is 15.6. The van der Waals surface area contributed by atoms with Gasteiger partial charge in [-0.2, -0.15) is 10.2 Å². The lowest BCUT2D eigenvalue weighted by Crippen LogP contribution is -2.24. The molecule has 0 unspecified atom stereocenters. The Balaban J connectivity index is 1.62. The molecule has 142 valence electrons. The Morgan fingerprint density at radius 3 is 2.68 bits per heavy atom. The molecule has 0 bridgehead atoms. The maximum atomic E-state index is 12.7. The predicted molar refractivity (Wildman–Crippen MR) is 107 cm³/mol. The number of carbonyl (C=O) groups is 1. The SMILES string of the molecule is CCn1ncc(Cl)c1CNC(=O)c1cnn2c(-c3ccc(C)cc3)ccnc12. The van der Waals surface area contributed by atoms with Crippen molar-refractivity contribution in [2.24, 2.45) is 0 Å². The van der Waals surface area contributed by atoms with E-state index in [1.54, 1.807) is 21.6 Å². The number of aryl methyl sites for hydroxylation is 2. The highest BCUT2D eigenvalue weighted by atomic mass is 35.5. The van der Waals surface area contributed by atoms with Crippen LogP contribution in [-0.4, -0.2) is 30.3 Å². The summed E-state index contributed by atoms with van der Waals surface area (Å²) in [6.07, 6.45) is 4.80. The molecule has 1 aromatic carbocycles. The second-order valence-electron chi connectivity index (χ2n) is 6.43. The van der Waals surface area contributed by atoms with Crippen LogP contribution in [0.5, 0.6) is 0 Å². The van der Waals surface area contributed by atoms with Gasteiger partial charge < -0.3 is 5.32 Å². The van der Waals surface area contributed by atoms with Crippen LogP contribution in [0, 0.1) is 6.92 Å². The molecular weight excluding hydrogens is 376 g/mol. The summed E-state index contributed by atoms with van der Waals surface area (Å²) < 4.78 is 3.44. The van der Waals surface area contributed by atoms with Gasteiger partial charge >= 0.3 is 0 Å². The molecule has 0 aliphatic carbocycles. The lowest BCUT2D eigenvalue weighted by molar-refractivity contribution is 0.0951. The molecular formula is C20H19ClN6O. The number of nitrogens with zero attached hydrogens (tertiary/aromatic N) is 5. The molecule has 0 spiro atoms. The van der Waals surface area contributed by atoms with Crippen molar-refractivity contribution in [1.29, 1.82) is 0 Å². The van der Waals surface area contributed by atoms with Crippen molar-refractivity contribution in [3.8, 4) is 11.3 Å². The third-order valence-corrected chi connectivity index (χ3v) is 4.92. The summed E-state index contributed by atoms with van der Waals surface area (Å²) in [7, 11) is 0. The normalized spacial score (nSPS) is 11.1. The van der Waals surface area contributed by atoms with Crippen LogP contribution in [0.4, 0.5) is 0 Å². The van der Waals surface area contributed by atoms with Gasteiger partial charge in [0.2, 0.25) is 0 Å². The number of hydrogen-bond donors (Lipinski definition) is 1. The minimum atomic E-state index is -0.261. The van der Waals surface area contributed by atoms with Gasteiger partial charge in [0.25, 0.3) is 5.91 Å². The largest absolute Gasteiger partial charge is 0.346 e. The van der Waals surface area contributed by atoms with Gasteiger partial charge in [-0.1, -0.05) is 41.4 Å². The molecule has 4 aromatic rings. The van der Waals surface area contributed by atoms with E-state index < -0.39 is 0 Å². The van der Waals surface area contributed by atoms with E-state index in [2.05, 4.69) is 20.5 Å². The Morgan fingerprint density at radius 2 is 1.93 bits per heavy atom. The lowest BCUT2D eigenvalue weighted by atomic mass is 10.1. The van der Waals surface area contributed by atoms with E-state index in [9.17, 15) is 4.79 Å². The fourth-order valence-electron chi connectivity index (χ4n) is 3.09. The van der Waals surface area contributed by atoms with Crippen molar-refractivity contribution in [1.82, 2.24) is 29.7 Å². The van der Waals surface area contributed by atoms with Crippen molar-refractivity contribution < 1.29 is 4.79 Å². The molecule has 3 aromatic heterocycles. The first-order valence-electron chi connectivity index (χ1n) is 8.96. The zero-order valence-corrected chi connectivity index (χ0v) is 16.3. The number of nitrogens with one attached hydrogen (secondary N) is 1. The first kappa shape index (κ1) is 18.2. The fourth-order valence-corrected chi connectivity index (χ4v) is 3.30. The number of halogens is 1. The first-order chi connectivity index (χ1) is 13.6. The maximum Gasteiger partial charge on any atom is 0.257 e. The van der Waals surface area contributed by atoms with Crippen LogP contribution in [0.1, 0.15) is 28.5 Å². The average molecular weight is 395 g/mol. The van der Waals surface area contributed by atoms with Crippen LogP contribution in [-0.2, 0) is 13.1 Å². The molecule has 0 saturated heterocycles. The Hall–Kier alpha value is -3.19. The number of rotatable bonds is 5. The van der Waals surface area contributed by atoms with Crippen molar-refractivity contribution >= 4 is 23.2 Å². The van der Waals surface area contributed by atoms with E-state index in [1.165, 1.54) is 11.8 Å². The maximum absolute atomic E-state index is 12.7. The van der Waals surface area contributed by atoms with Crippen LogP contribution < -0.4 is 5.32 Å². The van der Waals surface area contributed by atoms with Gasteiger partial charge in [-0.15, -0.1) is 0 Å². The Kier molecular flexibility index (Phi) is 4.83. The van der Waals surface area contributed by atoms with E-state index >= 15 is 0 Å². The molecule has 0 aliphatic rings. The summed E-state index contributed by atoms with van der Waals surface area (Å²) in [5, 5.41) is 12.0. The number of amides is 1. The summed E-state index contributed by atoms with van der Waals surface area (Å²) in [4.78, 5) is 17.1. The fraction of sp³-hybridized carbons (Fsp3) is 0.200. The minimum Gasteiger partial charge on any atom is -0.346 e. The van der Waals surface area contributed by atoms with Crippen LogP contribution in [0.25, 0.3) is 16.9 Å². The Bertz CT molecular complexity index is 1150. The molecule has 0 fully saturated rings. The van der Waals surface area contributed by atoms with Gasteiger partial charge in [0.1, 0.15) is 5.56 Å². The Morgan fingerprint density at radius 1 is 1.14 bits per heavy atom. The molecule has 0 saturated carbocycles. The standard InChI is InChI=1S/C20H19ClN6O/c1-3-26-18(16(21)11-24-26)12-23-20(28)15-10-25-27-17(8-9-22-19(15)27)14-6-4-13(2)5-7-14/h4-11H,3,12H2,1-2H3,(H,23,28). The minimum absolute atomic E-state index is 0.261. The predicted octanol–water partition coefficient (Wildman–Crippen LogP) is 3.50. The summed E-state index contributed by atoms with van der Waals surface area (Å²) >= 11 is 6.16. The van der Waals surface area contributed by atoms with E-state index in [1.807, 2.05) is 44.2 Å². The zero-order chi connectivity index (χ0) is 19.7. The van der Waals surface area contributed by atoms with Crippen LogP contribution >= 0.6 is 11.6 Å². The third kappa shape index (κ3) is 3.25. The number of hydrogen-bond acceptors (Lipinski definition) is 4. The molecule has 1 N–H and O–H groups in total. The third-order valence-electron chi connectivity index (χ3n) is 4.61. The van der Waals surface area contributed by atoms with Crippen LogP contribution in [0.15, 0.2) is 48.9 Å². The first-order valence-corrected chi connectivity index (χ1v) is 9.34. The van der Waals surface area contributed by atoms with E-state index in [0.717, 1.165) is 17.0 Å². The van der Waals surface area contributed by atoms with Gasteiger partial charge in [-0.25, -0.2) is 9.50 Å². The second kappa shape index (κ2) is 7.44. The van der Waals surface area contributed by atoms with Crippen LogP contribution in [0.3, 0.4) is 0 Å². The summed E-state index contributed by atoms with van der Waals surface area (Å²) in [5.41, 5.74) is 4.74. The molecule has 1 amide bonds. The number of aromatic nitrogens is 5. The summed E-state index contributed by atoms with van der Waals surface area (Å²) in [5.74, 6) is -0.261. The second-order valence-corrected chi connectivity index (χ2v) is 6.83. The molecule has 0 radical (unpaired) electrons. The van der Waals surface area contributed by atoms with Crippen molar-refractivity contribution in [3.63, 3.8) is 0 Å². The molecule has 8 heteroatoms. The quantitative estimate of drug-likeness (QED) is 0.562. The highest BCUT2D eigenvalue weighted by Gasteiger charge is 2.17.